The number of aromatic nitrogens is 4. The lowest BCUT2D eigenvalue weighted by atomic mass is 9.62. The lowest BCUT2D eigenvalue weighted by Crippen LogP contribution is -2.37. The van der Waals surface area contributed by atoms with Gasteiger partial charge in [0.25, 0.3) is 0 Å². The molecule has 2 atom stereocenters. The minimum Gasteiger partial charge on any atom is -0.460 e. The van der Waals surface area contributed by atoms with Crippen molar-refractivity contribution in [3.05, 3.63) is 191 Å². The summed E-state index contributed by atoms with van der Waals surface area (Å²) in [6.07, 6.45) is 14.0. The zero-order chi connectivity index (χ0) is 33.1. The fourth-order valence-corrected chi connectivity index (χ4v) is 8.45. The van der Waals surface area contributed by atoms with E-state index in [2.05, 4.69) is 102 Å². The van der Waals surface area contributed by atoms with Crippen LogP contribution in [0.15, 0.2) is 169 Å². The van der Waals surface area contributed by atoms with Crippen LogP contribution in [0.1, 0.15) is 47.4 Å². The predicted molar refractivity (Wildman–Crippen MR) is 197 cm³/mol. The Kier molecular flexibility index (Phi) is 6.59. The van der Waals surface area contributed by atoms with Crippen molar-refractivity contribution in [2.75, 3.05) is 0 Å². The number of para-hydroxylation sites is 1. The Balaban J connectivity index is 1.20. The molecule has 2 aromatic heterocycles. The maximum atomic E-state index is 7.08. The molecule has 0 saturated heterocycles. The number of ether oxygens (including phenoxy) is 1. The topological polar surface area (TPSA) is 60.8 Å². The van der Waals surface area contributed by atoms with E-state index in [9.17, 15) is 0 Å². The van der Waals surface area contributed by atoms with Crippen LogP contribution < -0.4 is 4.74 Å². The van der Waals surface area contributed by atoms with Crippen LogP contribution >= 0.6 is 0 Å². The number of allylic oxidation sites excluding steroid dienone is 8. The number of pyridine rings is 1. The molecular formula is C45H32N4O. The molecule has 4 aromatic carbocycles. The molecular weight excluding hydrogens is 613 g/mol. The fraction of sp³-hybridized carbons (Fsp3) is 0.111. The van der Waals surface area contributed by atoms with Crippen LogP contribution in [0.4, 0.5) is 0 Å². The third-order valence-corrected chi connectivity index (χ3v) is 10.5. The highest BCUT2D eigenvalue weighted by Crippen LogP contribution is 2.63. The van der Waals surface area contributed by atoms with Gasteiger partial charge in [-0.25, -0.2) is 15.0 Å². The average Bonchev–Trinajstić information content (AvgIpc) is 3.49. The predicted octanol–water partition coefficient (Wildman–Crippen LogP) is 10.1. The van der Waals surface area contributed by atoms with E-state index in [1.165, 1.54) is 33.4 Å². The van der Waals surface area contributed by atoms with Gasteiger partial charge in [-0.3, -0.25) is 4.98 Å². The van der Waals surface area contributed by atoms with Gasteiger partial charge in [0.1, 0.15) is 17.2 Å². The number of nitrogens with zero attached hydrogens (tertiary/aromatic N) is 4. The smallest absolute Gasteiger partial charge is 0.182 e. The molecule has 5 nitrogen and oxygen atoms in total. The highest BCUT2D eigenvalue weighted by molar-refractivity contribution is 5.90. The summed E-state index contributed by atoms with van der Waals surface area (Å²) >= 11 is 0. The first kappa shape index (κ1) is 28.8. The van der Waals surface area contributed by atoms with Gasteiger partial charge in [0, 0.05) is 34.4 Å². The summed E-state index contributed by atoms with van der Waals surface area (Å²) in [7, 11) is 0. The third kappa shape index (κ3) is 4.26. The van der Waals surface area contributed by atoms with Crippen molar-refractivity contribution in [2.24, 2.45) is 0 Å². The molecule has 3 aliphatic carbocycles. The Morgan fingerprint density at radius 1 is 0.600 bits per heavy atom. The Morgan fingerprint density at radius 3 is 2.20 bits per heavy atom. The second-order valence-corrected chi connectivity index (χ2v) is 13.2. The van der Waals surface area contributed by atoms with E-state index in [4.69, 9.17) is 19.7 Å². The zero-order valence-corrected chi connectivity index (χ0v) is 27.3. The Hall–Kier alpha value is -6.20. The molecule has 2 unspecified atom stereocenters. The first-order valence-corrected chi connectivity index (χ1v) is 17.3. The second kappa shape index (κ2) is 11.5. The maximum absolute atomic E-state index is 7.08. The molecule has 0 fully saturated rings. The van der Waals surface area contributed by atoms with Crippen LogP contribution in [-0.4, -0.2) is 19.9 Å². The molecule has 3 heterocycles. The monoisotopic (exact) mass is 644 g/mol. The Labute approximate surface area is 291 Å². The molecule has 1 spiro atoms. The van der Waals surface area contributed by atoms with Crippen LogP contribution in [0, 0.1) is 0 Å². The number of hydrogen-bond acceptors (Lipinski definition) is 5. The molecule has 238 valence electrons. The molecule has 0 radical (unpaired) electrons. The first-order chi connectivity index (χ1) is 24.8. The molecule has 50 heavy (non-hydrogen) atoms. The minimum atomic E-state index is -0.461. The van der Waals surface area contributed by atoms with Crippen LogP contribution in [0.25, 0.3) is 39.9 Å². The van der Waals surface area contributed by atoms with Crippen molar-refractivity contribution in [3.8, 4) is 40.0 Å². The van der Waals surface area contributed by atoms with Gasteiger partial charge in [0.2, 0.25) is 0 Å². The lowest BCUT2D eigenvalue weighted by molar-refractivity contribution is 0.344. The van der Waals surface area contributed by atoms with Crippen molar-refractivity contribution in [1.82, 2.24) is 19.9 Å². The standard InChI is InChI=1S/C45H32N4O/c1-2-15-29(16-3-1)42-47-43(49-44(48-42)39-26-12-13-28-46-39)34-20-5-4-17-30(34)33-21-14-25-38-41(33)50-40-27-11-10-24-37(40)45(38)35-22-8-6-18-31(35)32-19-7-9-23-36(32)45/h1-6,8-18,20,22-28,33H,7,19,21H2. The largest absolute Gasteiger partial charge is 0.460 e. The third-order valence-electron chi connectivity index (χ3n) is 10.5. The van der Waals surface area contributed by atoms with Crippen LogP contribution in [0.3, 0.4) is 0 Å². The summed E-state index contributed by atoms with van der Waals surface area (Å²) in [5.74, 6) is 3.61. The lowest BCUT2D eigenvalue weighted by Gasteiger charge is -2.44. The number of hydrogen-bond donors (Lipinski definition) is 0. The van der Waals surface area contributed by atoms with E-state index in [0.29, 0.717) is 23.2 Å². The molecule has 0 amide bonds. The van der Waals surface area contributed by atoms with Gasteiger partial charge in [-0.05, 0) is 65.3 Å². The van der Waals surface area contributed by atoms with Gasteiger partial charge in [0.15, 0.2) is 17.5 Å². The zero-order valence-electron chi connectivity index (χ0n) is 27.3. The van der Waals surface area contributed by atoms with E-state index in [1.807, 2.05) is 48.5 Å². The van der Waals surface area contributed by atoms with Gasteiger partial charge in [-0.2, -0.15) is 0 Å². The van der Waals surface area contributed by atoms with E-state index >= 15 is 0 Å². The maximum Gasteiger partial charge on any atom is 0.182 e. The van der Waals surface area contributed by atoms with Crippen LogP contribution in [0.2, 0.25) is 0 Å². The number of rotatable bonds is 4. The summed E-state index contributed by atoms with van der Waals surface area (Å²) in [6, 6.07) is 42.0. The number of benzene rings is 4. The molecule has 0 bridgehead atoms. The molecule has 1 aliphatic heterocycles. The van der Waals surface area contributed by atoms with Gasteiger partial charge >= 0.3 is 0 Å². The van der Waals surface area contributed by atoms with Crippen molar-refractivity contribution in [2.45, 2.75) is 30.6 Å². The van der Waals surface area contributed by atoms with E-state index in [-0.39, 0.29) is 5.92 Å². The summed E-state index contributed by atoms with van der Waals surface area (Å²) in [4.78, 5) is 19.7. The molecule has 10 rings (SSSR count). The van der Waals surface area contributed by atoms with Crippen LogP contribution in [0.5, 0.6) is 5.75 Å². The van der Waals surface area contributed by atoms with Gasteiger partial charge < -0.3 is 4.74 Å². The normalized spacial score (nSPS) is 19.9. The highest BCUT2D eigenvalue weighted by atomic mass is 16.5. The molecule has 6 aromatic rings. The van der Waals surface area contributed by atoms with Crippen molar-refractivity contribution < 1.29 is 4.74 Å². The van der Waals surface area contributed by atoms with Crippen molar-refractivity contribution in [1.29, 1.82) is 0 Å². The van der Waals surface area contributed by atoms with Gasteiger partial charge in [0.05, 0.1) is 5.41 Å². The first-order valence-electron chi connectivity index (χ1n) is 17.3. The minimum absolute atomic E-state index is 0.0592. The van der Waals surface area contributed by atoms with Gasteiger partial charge in [-0.1, -0.05) is 127 Å². The Morgan fingerprint density at radius 2 is 1.32 bits per heavy atom. The second-order valence-electron chi connectivity index (χ2n) is 13.2. The molecule has 0 saturated carbocycles. The highest BCUT2D eigenvalue weighted by Gasteiger charge is 2.53. The van der Waals surface area contributed by atoms with Crippen molar-refractivity contribution >= 4 is 5.57 Å². The van der Waals surface area contributed by atoms with E-state index in [1.54, 1.807) is 6.20 Å². The summed E-state index contributed by atoms with van der Waals surface area (Å²) in [5.41, 5.74) is 11.2. The van der Waals surface area contributed by atoms with E-state index < -0.39 is 5.41 Å². The van der Waals surface area contributed by atoms with Crippen LogP contribution in [-0.2, 0) is 5.41 Å². The molecule has 4 aliphatic rings. The average molecular weight is 645 g/mol. The Bertz CT molecular complexity index is 2390. The molecule has 0 N–H and O–H groups in total. The number of fused-ring (bicyclic) bond motifs is 7. The summed E-state index contributed by atoms with van der Waals surface area (Å²) in [5, 5.41) is 0. The summed E-state index contributed by atoms with van der Waals surface area (Å²) in [6.45, 7) is 0. The summed E-state index contributed by atoms with van der Waals surface area (Å²) < 4.78 is 7.08. The quantitative estimate of drug-likeness (QED) is 0.191. The van der Waals surface area contributed by atoms with E-state index in [0.717, 1.165) is 47.5 Å². The fourth-order valence-electron chi connectivity index (χ4n) is 8.45. The SMILES string of the molecule is C1=CC2=C(CC1)c1ccccc1C21C2=C(Oc3ccccc31)C(c1ccccc1-c1nc(-c3ccccc3)nc(-c3ccccn3)n1)CC=C2. The molecule has 5 heteroatoms. The van der Waals surface area contributed by atoms with Crippen molar-refractivity contribution in [3.63, 3.8) is 0 Å². The van der Waals surface area contributed by atoms with Gasteiger partial charge in [-0.15, -0.1) is 0 Å².